The predicted molar refractivity (Wildman–Crippen MR) is 94.6 cm³/mol. The SMILES string of the molecule is Oc1ccc2ccccc2c1C=Nc1ccc2ncccc2c1. The fourth-order valence-electron chi connectivity index (χ4n) is 2.70. The summed E-state index contributed by atoms with van der Waals surface area (Å²) in [6.07, 6.45) is 3.49. The molecule has 0 aliphatic carbocycles. The number of aromatic hydroxyl groups is 1. The summed E-state index contributed by atoms with van der Waals surface area (Å²) in [6, 6.07) is 21.3. The van der Waals surface area contributed by atoms with Crippen LogP contribution in [0.3, 0.4) is 0 Å². The minimum Gasteiger partial charge on any atom is -0.507 e. The maximum atomic E-state index is 10.2. The molecule has 0 unspecified atom stereocenters. The number of pyridine rings is 1. The van der Waals surface area contributed by atoms with Gasteiger partial charge in [-0.05, 0) is 41.1 Å². The number of hydrogen-bond acceptors (Lipinski definition) is 3. The highest BCUT2D eigenvalue weighted by molar-refractivity contribution is 6.03. The van der Waals surface area contributed by atoms with Crippen LogP contribution in [0.5, 0.6) is 5.75 Å². The number of fused-ring (bicyclic) bond motifs is 2. The highest BCUT2D eigenvalue weighted by Gasteiger charge is 2.04. The van der Waals surface area contributed by atoms with Gasteiger partial charge in [-0.15, -0.1) is 0 Å². The molecule has 0 aliphatic rings. The maximum absolute atomic E-state index is 10.2. The van der Waals surface area contributed by atoms with Gasteiger partial charge >= 0.3 is 0 Å². The first kappa shape index (κ1) is 13.5. The first-order chi connectivity index (χ1) is 11.3. The first-order valence-corrected chi connectivity index (χ1v) is 7.41. The largest absolute Gasteiger partial charge is 0.507 e. The van der Waals surface area contributed by atoms with Crippen LogP contribution in [0.2, 0.25) is 0 Å². The lowest BCUT2D eigenvalue weighted by Crippen LogP contribution is -1.86. The molecule has 1 aromatic heterocycles. The quantitative estimate of drug-likeness (QED) is 0.538. The Labute approximate surface area is 133 Å². The van der Waals surface area contributed by atoms with Gasteiger partial charge in [0.2, 0.25) is 0 Å². The second-order valence-electron chi connectivity index (χ2n) is 5.36. The summed E-state index contributed by atoms with van der Waals surface area (Å²) in [5.41, 5.74) is 2.51. The molecule has 4 aromatic rings. The third kappa shape index (κ3) is 2.53. The van der Waals surface area contributed by atoms with Crippen LogP contribution < -0.4 is 0 Å². The molecule has 0 saturated heterocycles. The van der Waals surface area contributed by atoms with Gasteiger partial charge in [0.1, 0.15) is 5.75 Å². The normalized spacial score (nSPS) is 11.5. The fraction of sp³-hybridized carbons (Fsp3) is 0. The monoisotopic (exact) mass is 298 g/mol. The molecule has 0 amide bonds. The van der Waals surface area contributed by atoms with Crippen molar-refractivity contribution in [3.8, 4) is 5.75 Å². The summed E-state index contributed by atoms with van der Waals surface area (Å²) < 4.78 is 0. The van der Waals surface area contributed by atoms with Crippen LogP contribution in [-0.4, -0.2) is 16.3 Å². The van der Waals surface area contributed by atoms with Crippen molar-refractivity contribution in [1.29, 1.82) is 0 Å². The van der Waals surface area contributed by atoms with E-state index in [1.54, 1.807) is 18.5 Å². The van der Waals surface area contributed by atoms with E-state index >= 15 is 0 Å². The molecule has 23 heavy (non-hydrogen) atoms. The molecular formula is C20H14N2O. The average Bonchev–Trinajstić information content (AvgIpc) is 2.61. The maximum Gasteiger partial charge on any atom is 0.124 e. The van der Waals surface area contributed by atoms with E-state index in [2.05, 4.69) is 9.98 Å². The molecule has 1 heterocycles. The Morgan fingerprint density at radius 1 is 0.870 bits per heavy atom. The molecule has 3 nitrogen and oxygen atoms in total. The predicted octanol–water partition coefficient (Wildman–Crippen LogP) is 4.84. The zero-order chi connectivity index (χ0) is 15.6. The van der Waals surface area contributed by atoms with Gasteiger partial charge in [0.25, 0.3) is 0 Å². The lowest BCUT2D eigenvalue weighted by atomic mass is 10.0. The van der Waals surface area contributed by atoms with Gasteiger partial charge < -0.3 is 5.11 Å². The molecule has 110 valence electrons. The van der Waals surface area contributed by atoms with Crippen LogP contribution in [0, 0.1) is 0 Å². The Morgan fingerprint density at radius 2 is 1.74 bits per heavy atom. The van der Waals surface area contributed by atoms with Gasteiger partial charge in [0.05, 0.1) is 11.2 Å². The summed E-state index contributed by atoms with van der Waals surface area (Å²) in [5.74, 6) is 0.231. The number of benzene rings is 3. The summed E-state index contributed by atoms with van der Waals surface area (Å²) in [6.45, 7) is 0. The Hall–Kier alpha value is -3.20. The molecule has 3 aromatic carbocycles. The number of rotatable bonds is 2. The summed E-state index contributed by atoms with van der Waals surface area (Å²) in [7, 11) is 0. The van der Waals surface area contributed by atoms with Crippen LogP contribution in [0.1, 0.15) is 5.56 Å². The third-order valence-electron chi connectivity index (χ3n) is 3.88. The van der Waals surface area contributed by atoms with E-state index in [9.17, 15) is 5.11 Å². The minimum absolute atomic E-state index is 0.231. The topological polar surface area (TPSA) is 45.5 Å². The van der Waals surface area contributed by atoms with Crippen molar-refractivity contribution in [1.82, 2.24) is 4.98 Å². The number of nitrogens with zero attached hydrogens (tertiary/aromatic N) is 2. The number of phenols is 1. The molecule has 0 bridgehead atoms. The van der Waals surface area contributed by atoms with E-state index in [0.29, 0.717) is 0 Å². The zero-order valence-corrected chi connectivity index (χ0v) is 12.3. The molecule has 0 atom stereocenters. The van der Waals surface area contributed by atoms with Crippen molar-refractivity contribution >= 4 is 33.6 Å². The van der Waals surface area contributed by atoms with Crippen molar-refractivity contribution in [2.75, 3.05) is 0 Å². The molecule has 4 rings (SSSR count). The zero-order valence-electron chi connectivity index (χ0n) is 12.3. The van der Waals surface area contributed by atoms with Gasteiger partial charge in [-0.3, -0.25) is 9.98 Å². The van der Waals surface area contributed by atoms with Gasteiger partial charge in [0.15, 0.2) is 0 Å². The van der Waals surface area contributed by atoms with E-state index in [4.69, 9.17) is 0 Å². The second kappa shape index (κ2) is 5.54. The number of phenolic OH excluding ortho intramolecular Hbond substituents is 1. The molecule has 0 aliphatic heterocycles. The first-order valence-electron chi connectivity index (χ1n) is 7.41. The Balaban J connectivity index is 1.79. The standard InChI is InChI=1S/C20H14N2O/c23-20-10-7-14-4-1-2-6-17(14)18(20)13-22-16-8-9-19-15(12-16)5-3-11-21-19/h1-13,23H. The van der Waals surface area contributed by atoms with Gasteiger partial charge in [0, 0.05) is 23.4 Å². The van der Waals surface area contributed by atoms with Crippen LogP contribution in [0.25, 0.3) is 21.7 Å². The molecule has 0 spiro atoms. The highest BCUT2D eigenvalue weighted by atomic mass is 16.3. The second-order valence-corrected chi connectivity index (χ2v) is 5.36. The number of hydrogen-bond donors (Lipinski definition) is 1. The van der Waals surface area contributed by atoms with E-state index in [1.807, 2.05) is 60.7 Å². The van der Waals surface area contributed by atoms with Crippen molar-refractivity contribution in [3.63, 3.8) is 0 Å². The van der Waals surface area contributed by atoms with Gasteiger partial charge in [-0.1, -0.05) is 36.4 Å². The van der Waals surface area contributed by atoms with Crippen molar-refractivity contribution in [2.45, 2.75) is 0 Å². The number of aromatic nitrogens is 1. The van der Waals surface area contributed by atoms with E-state index in [0.717, 1.165) is 32.9 Å². The highest BCUT2D eigenvalue weighted by Crippen LogP contribution is 2.26. The van der Waals surface area contributed by atoms with Crippen LogP contribution in [0.15, 0.2) is 77.9 Å². The van der Waals surface area contributed by atoms with Crippen molar-refractivity contribution in [2.24, 2.45) is 4.99 Å². The van der Waals surface area contributed by atoms with E-state index in [-0.39, 0.29) is 5.75 Å². The van der Waals surface area contributed by atoms with Crippen LogP contribution in [-0.2, 0) is 0 Å². The minimum atomic E-state index is 0.231. The molecule has 0 radical (unpaired) electrons. The van der Waals surface area contributed by atoms with Crippen LogP contribution in [0.4, 0.5) is 5.69 Å². The Kier molecular flexibility index (Phi) is 3.24. The molecule has 0 fully saturated rings. The lowest BCUT2D eigenvalue weighted by molar-refractivity contribution is 0.475. The fourth-order valence-corrected chi connectivity index (χ4v) is 2.70. The number of aliphatic imine (C=N–C) groups is 1. The Bertz CT molecular complexity index is 1040. The molecule has 1 N–H and O–H groups in total. The van der Waals surface area contributed by atoms with E-state index < -0.39 is 0 Å². The summed E-state index contributed by atoms with van der Waals surface area (Å²) in [4.78, 5) is 8.83. The van der Waals surface area contributed by atoms with E-state index in [1.165, 1.54) is 0 Å². The molecule has 3 heteroatoms. The van der Waals surface area contributed by atoms with Gasteiger partial charge in [-0.25, -0.2) is 0 Å². The molecular weight excluding hydrogens is 284 g/mol. The third-order valence-corrected chi connectivity index (χ3v) is 3.88. The summed E-state index contributed by atoms with van der Waals surface area (Å²) in [5, 5.41) is 13.3. The summed E-state index contributed by atoms with van der Waals surface area (Å²) >= 11 is 0. The average molecular weight is 298 g/mol. The van der Waals surface area contributed by atoms with Crippen molar-refractivity contribution < 1.29 is 5.11 Å². The van der Waals surface area contributed by atoms with Gasteiger partial charge in [-0.2, -0.15) is 0 Å². The van der Waals surface area contributed by atoms with Crippen LogP contribution >= 0.6 is 0 Å². The smallest absolute Gasteiger partial charge is 0.124 e. The molecule has 0 saturated carbocycles. The Morgan fingerprint density at radius 3 is 2.70 bits per heavy atom. The van der Waals surface area contributed by atoms with Crippen molar-refractivity contribution in [3.05, 3.63) is 78.5 Å². The lowest BCUT2D eigenvalue weighted by Gasteiger charge is -2.04.